The largest absolute Gasteiger partial charge is 0.506 e. The van der Waals surface area contributed by atoms with Crippen molar-refractivity contribution in [3.05, 3.63) is 57.0 Å². The van der Waals surface area contributed by atoms with Gasteiger partial charge in [0.2, 0.25) is 0 Å². The summed E-state index contributed by atoms with van der Waals surface area (Å²) in [6.45, 7) is 0. The maximum absolute atomic E-state index is 11.9. The molecule has 0 aliphatic rings. The Bertz CT molecular complexity index is 778. The summed E-state index contributed by atoms with van der Waals surface area (Å²) in [5, 5.41) is 13.5. The van der Waals surface area contributed by atoms with Crippen LogP contribution in [0.4, 0.5) is 0 Å². The highest BCUT2D eigenvalue weighted by molar-refractivity contribution is 9.11. The summed E-state index contributed by atoms with van der Waals surface area (Å²) >= 11 is 6.46. The van der Waals surface area contributed by atoms with Crippen LogP contribution in [-0.2, 0) is 10.0 Å². The minimum absolute atomic E-state index is 0.0270. The van der Waals surface area contributed by atoms with Crippen molar-refractivity contribution in [1.29, 1.82) is 0 Å². The third-order valence-electron chi connectivity index (χ3n) is 2.49. The number of hydrogen-bond acceptors (Lipinski definition) is 4. The Hall–Kier alpha value is -1.38. The van der Waals surface area contributed by atoms with Crippen LogP contribution < -0.4 is 4.83 Å². The van der Waals surface area contributed by atoms with Crippen molar-refractivity contribution in [2.45, 2.75) is 4.90 Å². The molecule has 21 heavy (non-hydrogen) atoms. The molecule has 0 amide bonds. The summed E-state index contributed by atoms with van der Waals surface area (Å²) < 4.78 is 25.1. The van der Waals surface area contributed by atoms with Crippen LogP contribution in [0.5, 0.6) is 5.75 Å². The molecule has 2 aromatic rings. The number of aromatic hydroxyl groups is 1. The monoisotopic (exact) mass is 432 g/mol. The molecular formula is C13H10Br2N2O3S. The zero-order chi connectivity index (χ0) is 15.5. The predicted molar refractivity (Wildman–Crippen MR) is 87.9 cm³/mol. The number of phenolic OH excluding ortho intramolecular Hbond substituents is 1. The van der Waals surface area contributed by atoms with E-state index in [-0.39, 0.29) is 10.6 Å². The number of nitrogens with zero attached hydrogens (tertiary/aromatic N) is 1. The lowest BCUT2D eigenvalue weighted by Gasteiger charge is -2.04. The van der Waals surface area contributed by atoms with Crippen molar-refractivity contribution in [2.75, 3.05) is 0 Å². The number of sulfonamides is 1. The topological polar surface area (TPSA) is 78.8 Å². The molecule has 0 saturated heterocycles. The number of halogens is 2. The third kappa shape index (κ3) is 4.05. The molecule has 0 aliphatic carbocycles. The highest BCUT2D eigenvalue weighted by Gasteiger charge is 2.11. The van der Waals surface area contributed by atoms with Gasteiger partial charge in [0.15, 0.2) is 0 Å². The number of hydrazone groups is 1. The summed E-state index contributed by atoms with van der Waals surface area (Å²) in [7, 11) is -3.72. The normalized spacial score (nSPS) is 11.7. The van der Waals surface area contributed by atoms with Crippen LogP contribution in [0.2, 0.25) is 0 Å². The van der Waals surface area contributed by atoms with Crippen LogP contribution in [0, 0.1) is 0 Å². The number of phenols is 1. The number of nitrogens with one attached hydrogen (secondary N) is 1. The molecule has 0 heterocycles. The summed E-state index contributed by atoms with van der Waals surface area (Å²) in [5.74, 6) is -0.0270. The van der Waals surface area contributed by atoms with Gasteiger partial charge in [0.25, 0.3) is 10.0 Å². The van der Waals surface area contributed by atoms with Crippen molar-refractivity contribution in [2.24, 2.45) is 5.10 Å². The first-order valence-electron chi connectivity index (χ1n) is 5.68. The van der Waals surface area contributed by atoms with Gasteiger partial charge in [0.05, 0.1) is 15.6 Å². The lowest BCUT2D eigenvalue weighted by molar-refractivity contribution is 0.471. The molecule has 0 aromatic heterocycles. The first kappa shape index (κ1) is 16.0. The third-order valence-corrected chi connectivity index (χ3v) is 4.79. The molecular weight excluding hydrogens is 424 g/mol. The van der Waals surface area contributed by atoms with Crippen LogP contribution in [0.3, 0.4) is 0 Å². The van der Waals surface area contributed by atoms with Gasteiger partial charge in [-0.1, -0.05) is 34.1 Å². The van der Waals surface area contributed by atoms with Gasteiger partial charge in [0, 0.05) is 10.0 Å². The molecule has 0 bridgehead atoms. The van der Waals surface area contributed by atoms with E-state index in [4.69, 9.17) is 0 Å². The van der Waals surface area contributed by atoms with Gasteiger partial charge >= 0.3 is 0 Å². The SMILES string of the molecule is O=S(=O)(NN=Cc1cc(Br)cc(Br)c1O)c1ccccc1. The van der Waals surface area contributed by atoms with Crippen LogP contribution in [0.1, 0.15) is 5.56 Å². The lowest BCUT2D eigenvalue weighted by Crippen LogP contribution is -2.18. The molecule has 0 spiro atoms. The van der Waals surface area contributed by atoms with E-state index in [2.05, 4.69) is 41.8 Å². The first-order valence-corrected chi connectivity index (χ1v) is 8.75. The fraction of sp³-hybridized carbons (Fsp3) is 0. The molecule has 0 radical (unpaired) electrons. The van der Waals surface area contributed by atoms with Gasteiger partial charge in [-0.05, 0) is 40.2 Å². The molecule has 5 nitrogen and oxygen atoms in total. The molecule has 0 unspecified atom stereocenters. The second-order valence-corrected chi connectivity index (χ2v) is 7.42. The molecule has 0 saturated carbocycles. The van der Waals surface area contributed by atoms with Crippen LogP contribution in [0.15, 0.2) is 61.4 Å². The van der Waals surface area contributed by atoms with Crippen molar-refractivity contribution < 1.29 is 13.5 Å². The Balaban J connectivity index is 2.20. The Kier molecular flexibility index (Phi) is 5.02. The quantitative estimate of drug-likeness (QED) is 0.573. The molecule has 0 aliphatic heterocycles. The number of rotatable bonds is 4. The summed E-state index contributed by atoms with van der Waals surface area (Å²) in [4.78, 5) is 2.20. The van der Waals surface area contributed by atoms with E-state index < -0.39 is 10.0 Å². The van der Waals surface area contributed by atoms with E-state index in [0.717, 1.165) is 4.47 Å². The van der Waals surface area contributed by atoms with Gasteiger partial charge in [-0.2, -0.15) is 13.5 Å². The fourth-order valence-corrected chi connectivity index (χ4v) is 3.57. The first-order chi connectivity index (χ1) is 9.90. The Morgan fingerprint density at radius 1 is 1.14 bits per heavy atom. The summed E-state index contributed by atoms with van der Waals surface area (Å²) in [6, 6.07) is 11.2. The minimum atomic E-state index is -3.72. The zero-order valence-corrected chi connectivity index (χ0v) is 14.5. The molecule has 2 rings (SSSR count). The van der Waals surface area contributed by atoms with E-state index in [0.29, 0.717) is 10.0 Å². The predicted octanol–water partition coefficient (Wildman–Crippen LogP) is 3.23. The van der Waals surface area contributed by atoms with Gasteiger partial charge in [-0.25, -0.2) is 4.83 Å². The summed E-state index contributed by atoms with van der Waals surface area (Å²) in [6.07, 6.45) is 1.23. The van der Waals surface area contributed by atoms with Crippen LogP contribution in [0.25, 0.3) is 0 Å². The Labute approximate surface area is 139 Å². The molecule has 2 aromatic carbocycles. The Morgan fingerprint density at radius 3 is 2.48 bits per heavy atom. The van der Waals surface area contributed by atoms with E-state index >= 15 is 0 Å². The number of hydrogen-bond donors (Lipinski definition) is 2. The van der Waals surface area contributed by atoms with Gasteiger partial charge in [-0.3, -0.25) is 0 Å². The molecule has 2 N–H and O–H groups in total. The second kappa shape index (κ2) is 6.59. The molecule has 0 atom stereocenters. The fourth-order valence-electron chi connectivity index (χ4n) is 1.50. The highest BCUT2D eigenvalue weighted by Crippen LogP contribution is 2.30. The minimum Gasteiger partial charge on any atom is -0.506 e. The average molecular weight is 434 g/mol. The molecule has 110 valence electrons. The molecule has 0 fully saturated rings. The zero-order valence-electron chi connectivity index (χ0n) is 10.5. The second-order valence-electron chi connectivity index (χ2n) is 3.99. The number of benzene rings is 2. The van der Waals surface area contributed by atoms with Crippen LogP contribution >= 0.6 is 31.9 Å². The average Bonchev–Trinajstić information content (AvgIpc) is 2.45. The standard InChI is InChI=1S/C13H10Br2N2O3S/c14-10-6-9(13(18)12(15)7-10)8-16-17-21(19,20)11-4-2-1-3-5-11/h1-8,17-18H. The van der Waals surface area contributed by atoms with Crippen molar-refractivity contribution in [3.8, 4) is 5.75 Å². The van der Waals surface area contributed by atoms with Gasteiger partial charge in [0.1, 0.15) is 5.75 Å². The highest BCUT2D eigenvalue weighted by atomic mass is 79.9. The van der Waals surface area contributed by atoms with Crippen molar-refractivity contribution in [1.82, 2.24) is 4.83 Å². The smallest absolute Gasteiger partial charge is 0.276 e. The van der Waals surface area contributed by atoms with E-state index in [1.165, 1.54) is 18.3 Å². The summed E-state index contributed by atoms with van der Waals surface area (Å²) in [5.41, 5.74) is 0.368. The van der Waals surface area contributed by atoms with Gasteiger partial charge in [-0.15, -0.1) is 0 Å². The van der Waals surface area contributed by atoms with E-state index in [1.54, 1.807) is 30.3 Å². The van der Waals surface area contributed by atoms with Crippen molar-refractivity contribution >= 4 is 48.1 Å². The van der Waals surface area contributed by atoms with Crippen LogP contribution in [-0.4, -0.2) is 19.7 Å². The van der Waals surface area contributed by atoms with Gasteiger partial charge < -0.3 is 5.11 Å². The maximum atomic E-state index is 11.9. The van der Waals surface area contributed by atoms with E-state index in [9.17, 15) is 13.5 Å². The lowest BCUT2D eigenvalue weighted by atomic mass is 10.2. The van der Waals surface area contributed by atoms with E-state index in [1.807, 2.05) is 0 Å². The molecule has 8 heteroatoms. The maximum Gasteiger partial charge on any atom is 0.276 e. The van der Waals surface area contributed by atoms with Crippen molar-refractivity contribution in [3.63, 3.8) is 0 Å². The Morgan fingerprint density at radius 2 is 1.81 bits per heavy atom.